The largest absolute Gasteiger partial charge is 0.339 e. The predicted octanol–water partition coefficient (Wildman–Crippen LogP) is 2.00. The lowest BCUT2D eigenvalue weighted by atomic mass is 10.3. The Hall–Kier alpha value is -1.40. The topological polar surface area (TPSA) is 60.0 Å². The molecule has 2 aromatic heterocycles. The van der Waals surface area contributed by atoms with E-state index in [9.17, 15) is 0 Å². The third-order valence-corrected chi connectivity index (χ3v) is 2.89. The van der Waals surface area contributed by atoms with Crippen molar-refractivity contribution in [3.05, 3.63) is 29.1 Å². The van der Waals surface area contributed by atoms with E-state index in [-0.39, 0.29) is 0 Å². The van der Waals surface area contributed by atoms with E-state index in [1.807, 2.05) is 17.9 Å². The predicted molar refractivity (Wildman–Crippen MR) is 71.9 cm³/mol. The lowest BCUT2D eigenvalue weighted by Crippen LogP contribution is -2.23. The van der Waals surface area contributed by atoms with Gasteiger partial charge in [-0.05, 0) is 13.5 Å². The summed E-state index contributed by atoms with van der Waals surface area (Å²) in [5.74, 6) is 1.44. The molecule has 0 aromatic carbocycles. The first-order chi connectivity index (χ1) is 9.17. The monoisotopic (exact) mass is 283 g/mol. The Bertz CT molecular complexity index is 510. The van der Waals surface area contributed by atoms with Gasteiger partial charge in [0.05, 0.1) is 24.3 Å². The van der Waals surface area contributed by atoms with Crippen LogP contribution in [0.3, 0.4) is 0 Å². The zero-order valence-electron chi connectivity index (χ0n) is 11.2. The fraction of sp³-hybridized carbons (Fsp3) is 0.583. The molecule has 0 radical (unpaired) electrons. The zero-order chi connectivity index (χ0) is 13.7. The molecule has 0 atom stereocenters. The van der Waals surface area contributed by atoms with Crippen LogP contribution < -0.4 is 0 Å². The normalized spacial score (nSPS) is 11.4. The molecular weight excluding hydrogens is 266 g/mol. The first kappa shape index (κ1) is 14.0. The first-order valence-corrected chi connectivity index (χ1v) is 6.73. The van der Waals surface area contributed by atoms with Gasteiger partial charge in [0.15, 0.2) is 5.82 Å². The second-order valence-corrected chi connectivity index (χ2v) is 4.95. The van der Waals surface area contributed by atoms with Crippen molar-refractivity contribution in [2.45, 2.75) is 32.9 Å². The summed E-state index contributed by atoms with van der Waals surface area (Å²) in [5, 5.41) is 8.75. The van der Waals surface area contributed by atoms with Crippen molar-refractivity contribution in [3.8, 4) is 0 Å². The Morgan fingerprint density at radius 3 is 3.00 bits per heavy atom. The van der Waals surface area contributed by atoms with E-state index in [0.717, 1.165) is 31.8 Å². The standard InChI is InChI=1S/C12H18ClN5O/c1-3-4-12-15-11(16-19-12)9-17(2)5-6-18-8-10(13)7-14-18/h7-8H,3-6,9H2,1-2H3. The molecule has 0 bridgehead atoms. The molecule has 0 aliphatic heterocycles. The molecule has 0 aliphatic rings. The molecule has 0 saturated carbocycles. The van der Waals surface area contributed by atoms with E-state index in [4.69, 9.17) is 16.1 Å². The Labute approximate surface area is 117 Å². The van der Waals surface area contributed by atoms with E-state index >= 15 is 0 Å². The summed E-state index contributed by atoms with van der Waals surface area (Å²) in [6, 6.07) is 0. The summed E-state index contributed by atoms with van der Waals surface area (Å²) in [5.41, 5.74) is 0. The van der Waals surface area contributed by atoms with Crippen molar-refractivity contribution in [1.29, 1.82) is 0 Å². The third kappa shape index (κ3) is 4.33. The molecule has 0 unspecified atom stereocenters. The minimum Gasteiger partial charge on any atom is -0.339 e. The molecule has 2 rings (SSSR count). The molecule has 6 nitrogen and oxygen atoms in total. The molecule has 0 saturated heterocycles. The molecule has 0 amide bonds. The first-order valence-electron chi connectivity index (χ1n) is 6.35. The van der Waals surface area contributed by atoms with Crippen molar-refractivity contribution in [2.75, 3.05) is 13.6 Å². The van der Waals surface area contributed by atoms with Crippen LogP contribution in [0.5, 0.6) is 0 Å². The summed E-state index contributed by atoms with van der Waals surface area (Å²) in [7, 11) is 2.01. The number of halogens is 1. The molecule has 2 aromatic rings. The van der Waals surface area contributed by atoms with Gasteiger partial charge in [0.2, 0.25) is 5.89 Å². The summed E-state index contributed by atoms with van der Waals surface area (Å²) in [6.07, 6.45) is 5.29. The molecule has 0 aliphatic carbocycles. The van der Waals surface area contributed by atoms with Crippen LogP contribution in [-0.4, -0.2) is 38.4 Å². The van der Waals surface area contributed by atoms with Gasteiger partial charge in [-0.1, -0.05) is 23.7 Å². The van der Waals surface area contributed by atoms with Crippen molar-refractivity contribution >= 4 is 11.6 Å². The number of likely N-dealkylation sites (N-methyl/N-ethyl adjacent to an activating group) is 1. The molecule has 7 heteroatoms. The van der Waals surface area contributed by atoms with Crippen LogP contribution >= 0.6 is 11.6 Å². The molecule has 0 fully saturated rings. The number of hydrogen-bond acceptors (Lipinski definition) is 5. The van der Waals surface area contributed by atoms with Gasteiger partial charge in [-0.25, -0.2) is 0 Å². The van der Waals surface area contributed by atoms with Gasteiger partial charge in [-0.15, -0.1) is 0 Å². The number of rotatable bonds is 7. The SMILES string of the molecule is CCCc1nc(CN(C)CCn2cc(Cl)cn2)no1. The van der Waals surface area contributed by atoms with Crippen LogP contribution in [-0.2, 0) is 19.5 Å². The highest BCUT2D eigenvalue weighted by atomic mass is 35.5. The lowest BCUT2D eigenvalue weighted by molar-refractivity contribution is 0.290. The maximum Gasteiger partial charge on any atom is 0.226 e. The average molecular weight is 284 g/mol. The summed E-state index contributed by atoms with van der Waals surface area (Å²) in [4.78, 5) is 6.46. The number of hydrogen-bond donors (Lipinski definition) is 0. The highest BCUT2D eigenvalue weighted by Crippen LogP contribution is 2.05. The third-order valence-electron chi connectivity index (χ3n) is 2.70. The summed E-state index contributed by atoms with van der Waals surface area (Å²) >= 11 is 5.81. The van der Waals surface area contributed by atoms with E-state index in [1.54, 1.807) is 6.20 Å². The van der Waals surface area contributed by atoms with Crippen LogP contribution in [0.4, 0.5) is 0 Å². The van der Waals surface area contributed by atoms with Crippen LogP contribution in [0.25, 0.3) is 0 Å². The van der Waals surface area contributed by atoms with Crippen LogP contribution in [0, 0.1) is 0 Å². The lowest BCUT2D eigenvalue weighted by Gasteiger charge is -2.13. The Kier molecular flexibility index (Phi) is 4.93. The van der Waals surface area contributed by atoms with Crippen molar-refractivity contribution < 1.29 is 4.52 Å². The van der Waals surface area contributed by atoms with Gasteiger partial charge in [0.25, 0.3) is 0 Å². The Morgan fingerprint density at radius 2 is 2.32 bits per heavy atom. The highest BCUT2D eigenvalue weighted by molar-refractivity contribution is 6.30. The van der Waals surface area contributed by atoms with Crippen LogP contribution in [0.2, 0.25) is 5.02 Å². The number of aromatic nitrogens is 4. The second-order valence-electron chi connectivity index (χ2n) is 4.51. The van der Waals surface area contributed by atoms with Gasteiger partial charge in [0.1, 0.15) is 0 Å². The van der Waals surface area contributed by atoms with Gasteiger partial charge < -0.3 is 4.52 Å². The number of aryl methyl sites for hydroxylation is 1. The van der Waals surface area contributed by atoms with E-state index < -0.39 is 0 Å². The maximum absolute atomic E-state index is 5.81. The van der Waals surface area contributed by atoms with Gasteiger partial charge >= 0.3 is 0 Å². The Morgan fingerprint density at radius 1 is 1.47 bits per heavy atom. The minimum atomic E-state index is 0.657. The fourth-order valence-corrected chi connectivity index (χ4v) is 1.88. The highest BCUT2D eigenvalue weighted by Gasteiger charge is 2.08. The van der Waals surface area contributed by atoms with Crippen molar-refractivity contribution in [2.24, 2.45) is 0 Å². The number of nitrogens with zero attached hydrogens (tertiary/aromatic N) is 5. The quantitative estimate of drug-likeness (QED) is 0.778. The second kappa shape index (κ2) is 6.68. The smallest absolute Gasteiger partial charge is 0.226 e. The van der Waals surface area contributed by atoms with Gasteiger partial charge in [-0.2, -0.15) is 10.1 Å². The molecule has 0 N–H and O–H groups in total. The molecule has 104 valence electrons. The molecule has 19 heavy (non-hydrogen) atoms. The van der Waals surface area contributed by atoms with E-state index in [0.29, 0.717) is 17.5 Å². The van der Waals surface area contributed by atoms with Crippen molar-refractivity contribution in [1.82, 2.24) is 24.8 Å². The van der Waals surface area contributed by atoms with Crippen LogP contribution in [0.1, 0.15) is 25.1 Å². The van der Waals surface area contributed by atoms with Gasteiger partial charge in [-0.3, -0.25) is 9.58 Å². The molecule has 2 heterocycles. The summed E-state index contributed by atoms with van der Waals surface area (Å²) in [6.45, 7) is 4.38. The molecule has 0 spiro atoms. The van der Waals surface area contributed by atoms with Crippen molar-refractivity contribution in [3.63, 3.8) is 0 Å². The zero-order valence-corrected chi connectivity index (χ0v) is 12.0. The maximum atomic E-state index is 5.81. The fourth-order valence-electron chi connectivity index (χ4n) is 1.72. The minimum absolute atomic E-state index is 0.657. The average Bonchev–Trinajstić information content (AvgIpc) is 2.97. The van der Waals surface area contributed by atoms with E-state index in [2.05, 4.69) is 27.1 Å². The molecular formula is C12H18ClN5O. The Balaban J connectivity index is 1.78. The van der Waals surface area contributed by atoms with Crippen LogP contribution in [0.15, 0.2) is 16.9 Å². The van der Waals surface area contributed by atoms with Gasteiger partial charge in [0, 0.05) is 19.2 Å². The summed E-state index contributed by atoms with van der Waals surface area (Å²) < 4.78 is 6.97. The van der Waals surface area contributed by atoms with E-state index in [1.165, 1.54) is 0 Å².